The fourth-order valence-corrected chi connectivity index (χ4v) is 3.82. The van der Waals surface area contributed by atoms with Gasteiger partial charge in [-0.05, 0) is 42.5 Å². The van der Waals surface area contributed by atoms with E-state index < -0.39 is 0 Å². The maximum atomic E-state index is 12.4. The summed E-state index contributed by atoms with van der Waals surface area (Å²) < 4.78 is 1.78. The highest BCUT2D eigenvalue weighted by Crippen LogP contribution is 2.23. The van der Waals surface area contributed by atoms with Crippen LogP contribution in [0.1, 0.15) is 16.2 Å². The number of carbonyl (C=O) groups is 2. The summed E-state index contributed by atoms with van der Waals surface area (Å²) in [5.74, 6) is 0.139. The van der Waals surface area contributed by atoms with Crippen molar-refractivity contribution in [3.8, 4) is 0 Å². The highest BCUT2D eigenvalue weighted by molar-refractivity contribution is 7.99. The van der Waals surface area contributed by atoms with Gasteiger partial charge in [0.15, 0.2) is 11.0 Å². The number of nitrogens with one attached hydrogen (secondary N) is 2. The van der Waals surface area contributed by atoms with Crippen molar-refractivity contribution in [2.24, 2.45) is 0 Å². The highest BCUT2D eigenvalue weighted by atomic mass is 35.5. The molecule has 0 fully saturated rings. The lowest BCUT2D eigenvalue weighted by Gasteiger charge is -2.09. The topological polar surface area (TPSA) is 88.9 Å². The molecule has 1 aromatic heterocycles. The van der Waals surface area contributed by atoms with E-state index in [9.17, 15) is 9.59 Å². The van der Waals surface area contributed by atoms with Crippen LogP contribution < -0.4 is 10.6 Å². The molecule has 11 heteroatoms. The highest BCUT2D eigenvalue weighted by Gasteiger charge is 2.15. The van der Waals surface area contributed by atoms with Gasteiger partial charge in [-0.2, -0.15) is 0 Å². The van der Waals surface area contributed by atoms with Crippen molar-refractivity contribution in [3.63, 3.8) is 0 Å². The molecule has 166 valence electrons. The Balaban J connectivity index is 1.60. The smallest absolute Gasteiger partial charge is 0.251 e. The fourth-order valence-electron chi connectivity index (χ4n) is 2.63. The zero-order chi connectivity index (χ0) is 23.1. The average Bonchev–Trinajstić information content (AvgIpc) is 3.16. The number of thioether (sulfide) groups is 1. The second-order valence-corrected chi connectivity index (χ2v) is 8.65. The molecule has 0 radical (unpaired) electrons. The van der Waals surface area contributed by atoms with Crippen LogP contribution in [0.4, 0.5) is 5.69 Å². The number of hydrogen-bond donors (Lipinski definition) is 2. The van der Waals surface area contributed by atoms with Crippen molar-refractivity contribution in [2.45, 2.75) is 18.2 Å². The van der Waals surface area contributed by atoms with E-state index in [0.717, 1.165) is 0 Å². The minimum absolute atomic E-state index is 0.132. The summed E-state index contributed by atoms with van der Waals surface area (Å²) in [5.41, 5.74) is 1.03. The van der Waals surface area contributed by atoms with Gasteiger partial charge >= 0.3 is 0 Å². The second kappa shape index (κ2) is 11.4. The maximum Gasteiger partial charge on any atom is 0.251 e. The predicted molar refractivity (Wildman–Crippen MR) is 129 cm³/mol. The summed E-state index contributed by atoms with van der Waals surface area (Å²) in [6, 6.07) is 11.5. The van der Waals surface area contributed by atoms with Crippen molar-refractivity contribution in [3.05, 3.63) is 81.6 Å². The lowest BCUT2D eigenvalue weighted by molar-refractivity contribution is -0.113. The van der Waals surface area contributed by atoms with Gasteiger partial charge in [0.05, 0.1) is 22.3 Å². The Labute approximate surface area is 204 Å². The van der Waals surface area contributed by atoms with E-state index in [1.54, 1.807) is 47.0 Å². The van der Waals surface area contributed by atoms with Gasteiger partial charge in [0, 0.05) is 22.8 Å². The summed E-state index contributed by atoms with van der Waals surface area (Å²) in [7, 11) is 0. The van der Waals surface area contributed by atoms with Gasteiger partial charge in [-0.1, -0.05) is 52.6 Å². The van der Waals surface area contributed by atoms with Crippen molar-refractivity contribution in [1.29, 1.82) is 0 Å². The van der Waals surface area contributed by atoms with Gasteiger partial charge in [-0.15, -0.1) is 16.8 Å². The number of aromatic nitrogens is 3. The van der Waals surface area contributed by atoms with Gasteiger partial charge in [0.25, 0.3) is 5.91 Å². The Morgan fingerprint density at radius 3 is 2.50 bits per heavy atom. The van der Waals surface area contributed by atoms with Crippen LogP contribution in [0.2, 0.25) is 15.1 Å². The van der Waals surface area contributed by atoms with E-state index in [1.807, 2.05) is 0 Å². The number of nitrogens with zero attached hydrogens (tertiary/aromatic N) is 3. The van der Waals surface area contributed by atoms with E-state index in [2.05, 4.69) is 27.4 Å². The Hall–Kier alpha value is -2.52. The first-order valence-corrected chi connectivity index (χ1v) is 11.4. The first-order valence-electron chi connectivity index (χ1n) is 9.32. The standard InChI is InChI=1S/C21H18Cl3N5O2S/c1-2-9-29-18(11-25-20(31)13-3-8-16(23)17(24)10-13)27-28-21(29)32-12-19(30)26-15-6-4-14(22)5-7-15/h2-8,10H,1,9,11-12H2,(H,25,31)(H,26,30). The normalized spacial score (nSPS) is 10.6. The molecule has 7 nitrogen and oxygen atoms in total. The lowest BCUT2D eigenvalue weighted by Crippen LogP contribution is -2.25. The molecule has 0 bridgehead atoms. The molecule has 0 spiro atoms. The van der Waals surface area contributed by atoms with Crippen molar-refractivity contribution in [2.75, 3.05) is 11.1 Å². The lowest BCUT2D eigenvalue weighted by atomic mass is 10.2. The first-order chi connectivity index (χ1) is 15.4. The van der Waals surface area contributed by atoms with E-state index >= 15 is 0 Å². The van der Waals surface area contributed by atoms with Gasteiger partial charge in [0.2, 0.25) is 5.91 Å². The number of allylic oxidation sites excluding steroid dienone is 1. The first kappa shape index (κ1) is 24.1. The molecule has 0 aliphatic rings. The summed E-state index contributed by atoms with van der Waals surface area (Å²) in [6.07, 6.45) is 1.69. The number of anilines is 1. The summed E-state index contributed by atoms with van der Waals surface area (Å²) in [4.78, 5) is 24.7. The van der Waals surface area contributed by atoms with Crippen LogP contribution in [0.3, 0.4) is 0 Å². The average molecular weight is 511 g/mol. The molecule has 2 N–H and O–H groups in total. The largest absolute Gasteiger partial charge is 0.345 e. The van der Waals surface area contributed by atoms with Crippen molar-refractivity contribution >= 4 is 64.1 Å². The van der Waals surface area contributed by atoms with E-state index in [4.69, 9.17) is 34.8 Å². The summed E-state index contributed by atoms with van der Waals surface area (Å²) in [5, 5.41) is 15.6. The van der Waals surface area contributed by atoms with Crippen molar-refractivity contribution in [1.82, 2.24) is 20.1 Å². The molecule has 1 heterocycles. The number of hydrogen-bond acceptors (Lipinski definition) is 5. The summed E-state index contributed by atoms with van der Waals surface area (Å²) >= 11 is 18.9. The minimum Gasteiger partial charge on any atom is -0.345 e. The molecule has 0 saturated carbocycles. The number of halogens is 3. The quantitative estimate of drug-likeness (QED) is 0.309. The molecule has 3 rings (SSSR count). The second-order valence-electron chi connectivity index (χ2n) is 6.45. The number of carbonyl (C=O) groups excluding carboxylic acids is 2. The molecular weight excluding hydrogens is 493 g/mol. The van der Waals surface area contributed by atoms with Crippen LogP contribution in [0.5, 0.6) is 0 Å². The van der Waals surface area contributed by atoms with Crippen LogP contribution in [0.25, 0.3) is 0 Å². The molecule has 2 aromatic carbocycles. The minimum atomic E-state index is -0.326. The Bertz CT molecular complexity index is 1130. The predicted octanol–water partition coefficient (Wildman–Crippen LogP) is 5.09. The molecule has 3 aromatic rings. The van der Waals surface area contributed by atoms with Gasteiger partial charge in [-0.3, -0.25) is 9.59 Å². The fraction of sp³-hybridized carbons (Fsp3) is 0.143. The number of amides is 2. The van der Waals surface area contributed by atoms with Gasteiger partial charge in [-0.25, -0.2) is 0 Å². The molecule has 32 heavy (non-hydrogen) atoms. The zero-order valence-corrected chi connectivity index (χ0v) is 19.7. The molecule has 0 saturated heterocycles. The van der Waals surface area contributed by atoms with Crippen LogP contribution in [0.15, 0.2) is 60.3 Å². The molecule has 0 aliphatic heterocycles. The Kier molecular flexibility index (Phi) is 8.58. The molecular formula is C21H18Cl3N5O2S. The number of benzene rings is 2. The monoisotopic (exact) mass is 509 g/mol. The van der Waals surface area contributed by atoms with Crippen LogP contribution in [-0.2, 0) is 17.9 Å². The molecule has 0 unspecified atom stereocenters. The van der Waals surface area contributed by atoms with E-state index in [-0.39, 0.29) is 24.1 Å². The molecule has 2 amide bonds. The molecule has 0 aliphatic carbocycles. The van der Waals surface area contributed by atoms with Crippen LogP contribution in [0, 0.1) is 0 Å². The third-order valence-electron chi connectivity index (χ3n) is 4.15. The van der Waals surface area contributed by atoms with Gasteiger partial charge < -0.3 is 15.2 Å². The Morgan fingerprint density at radius 2 is 1.81 bits per heavy atom. The zero-order valence-electron chi connectivity index (χ0n) is 16.6. The third-order valence-corrected chi connectivity index (χ3v) is 6.11. The maximum absolute atomic E-state index is 12.4. The van der Waals surface area contributed by atoms with E-state index in [0.29, 0.717) is 43.8 Å². The van der Waals surface area contributed by atoms with Crippen LogP contribution in [-0.4, -0.2) is 32.3 Å². The van der Waals surface area contributed by atoms with Gasteiger partial charge in [0.1, 0.15) is 0 Å². The SMILES string of the molecule is C=CCn1c(CNC(=O)c2ccc(Cl)c(Cl)c2)nnc1SCC(=O)Nc1ccc(Cl)cc1. The van der Waals surface area contributed by atoms with E-state index in [1.165, 1.54) is 17.8 Å². The Morgan fingerprint density at radius 1 is 1.06 bits per heavy atom. The van der Waals surface area contributed by atoms with Crippen molar-refractivity contribution < 1.29 is 9.59 Å². The van der Waals surface area contributed by atoms with Crippen LogP contribution >= 0.6 is 46.6 Å². The number of rotatable bonds is 9. The molecule has 0 atom stereocenters. The third kappa shape index (κ3) is 6.49. The summed E-state index contributed by atoms with van der Waals surface area (Å²) in [6.45, 7) is 4.31.